The van der Waals surface area contributed by atoms with Crippen molar-refractivity contribution < 1.29 is 19.5 Å². The number of benzene rings is 3. The molecule has 0 amide bonds. The number of aromatic hydroxyl groups is 1. The minimum Gasteiger partial charge on any atom is -0.508 e. The molecule has 1 atom stereocenters. The zero-order chi connectivity index (χ0) is 19.8. The summed E-state index contributed by atoms with van der Waals surface area (Å²) in [5, 5.41) is 26.4. The number of hydrogen-bond donors (Lipinski definition) is 2. The Morgan fingerprint density at radius 1 is 1.18 bits per heavy atom. The fraction of sp³-hybridized carbons (Fsp3) is 0.143. The first-order chi connectivity index (χ1) is 13.5. The van der Waals surface area contributed by atoms with Crippen LogP contribution in [0.4, 0.5) is 0 Å². The fourth-order valence-electron chi connectivity index (χ4n) is 3.70. The van der Waals surface area contributed by atoms with Gasteiger partial charge in [-0.15, -0.1) is 0 Å². The molecule has 0 saturated heterocycles. The highest BCUT2D eigenvalue weighted by Gasteiger charge is 2.41. The first kappa shape index (κ1) is 17.7. The number of phenols is 1. The molecule has 1 heterocycles. The summed E-state index contributed by atoms with van der Waals surface area (Å²) in [6.45, 7) is 0. The van der Waals surface area contributed by atoms with Crippen molar-refractivity contribution in [3.05, 3.63) is 87.4 Å². The van der Waals surface area contributed by atoms with Gasteiger partial charge in [0, 0.05) is 18.2 Å². The molecule has 0 spiro atoms. The monoisotopic (exact) mass is 378 g/mol. The fourth-order valence-corrected chi connectivity index (χ4v) is 3.70. The maximum atomic E-state index is 12.1. The Balaban J connectivity index is 2.12. The Morgan fingerprint density at radius 3 is 2.64 bits per heavy atom. The molecular weight excluding hydrogens is 360 g/mol. The SMILES string of the molecule is CNC1=C([N+](=O)[O-])C(c2ccccc2OC)c2c(ccc3ccc(O)cc23)O1. The van der Waals surface area contributed by atoms with Gasteiger partial charge in [0.15, 0.2) is 0 Å². The highest BCUT2D eigenvalue weighted by Crippen LogP contribution is 2.48. The molecule has 0 aliphatic carbocycles. The van der Waals surface area contributed by atoms with E-state index in [-0.39, 0.29) is 17.3 Å². The van der Waals surface area contributed by atoms with Gasteiger partial charge in [-0.2, -0.15) is 0 Å². The van der Waals surface area contributed by atoms with Crippen molar-refractivity contribution in [2.75, 3.05) is 14.2 Å². The van der Waals surface area contributed by atoms with Gasteiger partial charge < -0.3 is 19.9 Å². The van der Waals surface area contributed by atoms with E-state index in [1.807, 2.05) is 18.2 Å². The molecule has 0 bridgehead atoms. The van der Waals surface area contributed by atoms with Gasteiger partial charge in [-0.1, -0.05) is 30.3 Å². The number of nitrogens with one attached hydrogen (secondary N) is 1. The van der Waals surface area contributed by atoms with Crippen LogP contribution in [0.3, 0.4) is 0 Å². The molecule has 7 nitrogen and oxygen atoms in total. The maximum absolute atomic E-state index is 12.1. The number of nitrogens with zero attached hydrogens (tertiary/aromatic N) is 1. The van der Waals surface area contributed by atoms with Crippen LogP contribution >= 0.6 is 0 Å². The van der Waals surface area contributed by atoms with Gasteiger partial charge in [0.25, 0.3) is 5.88 Å². The summed E-state index contributed by atoms with van der Waals surface area (Å²) in [4.78, 5) is 11.6. The van der Waals surface area contributed by atoms with E-state index in [1.165, 1.54) is 7.11 Å². The Morgan fingerprint density at radius 2 is 1.93 bits per heavy atom. The predicted molar refractivity (Wildman–Crippen MR) is 104 cm³/mol. The first-order valence-corrected chi connectivity index (χ1v) is 8.68. The lowest BCUT2D eigenvalue weighted by atomic mass is 9.83. The van der Waals surface area contributed by atoms with Crippen LogP contribution in [-0.2, 0) is 0 Å². The van der Waals surface area contributed by atoms with Crippen molar-refractivity contribution >= 4 is 10.8 Å². The third-order valence-electron chi connectivity index (χ3n) is 4.89. The van der Waals surface area contributed by atoms with Crippen LogP contribution in [0, 0.1) is 10.1 Å². The van der Waals surface area contributed by atoms with Gasteiger partial charge in [-0.05, 0) is 35.0 Å². The van der Waals surface area contributed by atoms with Crippen LogP contribution in [0.15, 0.2) is 66.2 Å². The molecular formula is C21H18N2O5. The van der Waals surface area contributed by atoms with Gasteiger partial charge >= 0.3 is 5.70 Å². The van der Waals surface area contributed by atoms with E-state index in [9.17, 15) is 15.2 Å². The summed E-state index contributed by atoms with van der Waals surface area (Å²) in [5.41, 5.74) is 1.14. The summed E-state index contributed by atoms with van der Waals surface area (Å²) < 4.78 is 11.3. The zero-order valence-corrected chi connectivity index (χ0v) is 15.3. The molecule has 142 valence electrons. The highest BCUT2D eigenvalue weighted by molar-refractivity contribution is 5.91. The number of nitro groups is 1. The van der Waals surface area contributed by atoms with Crippen molar-refractivity contribution in [2.24, 2.45) is 0 Å². The number of methoxy groups -OCH3 is 1. The minimum absolute atomic E-state index is 0.0747. The Hall–Kier alpha value is -3.74. The van der Waals surface area contributed by atoms with Gasteiger partial charge in [-0.3, -0.25) is 10.1 Å². The molecule has 1 aliphatic rings. The van der Waals surface area contributed by atoms with Crippen LogP contribution in [0.5, 0.6) is 17.2 Å². The predicted octanol–water partition coefficient (Wildman–Crippen LogP) is 3.74. The Labute approximate surface area is 161 Å². The molecule has 0 aromatic heterocycles. The van der Waals surface area contributed by atoms with Crippen LogP contribution in [0.1, 0.15) is 17.0 Å². The number of rotatable bonds is 4. The number of hydrogen-bond acceptors (Lipinski definition) is 6. The van der Waals surface area contributed by atoms with Crippen molar-refractivity contribution in [3.8, 4) is 17.2 Å². The minimum atomic E-state index is -0.747. The molecule has 0 radical (unpaired) electrons. The maximum Gasteiger partial charge on any atom is 0.317 e. The summed E-state index contributed by atoms with van der Waals surface area (Å²) in [6.07, 6.45) is 0. The van der Waals surface area contributed by atoms with Crippen molar-refractivity contribution in [1.29, 1.82) is 0 Å². The van der Waals surface area contributed by atoms with E-state index in [0.29, 0.717) is 28.0 Å². The second-order valence-electron chi connectivity index (χ2n) is 6.38. The molecule has 0 fully saturated rings. The third-order valence-corrected chi connectivity index (χ3v) is 4.89. The topological polar surface area (TPSA) is 93.9 Å². The summed E-state index contributed by atoms with van der Waals surface area (Å²) in [7, 11) is 3.11. The standard InChI is InChI=1S/C21H18N2O5/c1-22-21-20(23(25)26)19(14-5-3-4-6-16(14)27-2)18-15-11-13(24)9-7-12(15)8-10-17(18)28-21/h3-11,19,22,24H,1-2H3. The third kappa shape index (κ3) is 2.68. The second-order valence-corrected chi connectivity index (χ2v) is 6.38. The number of allylic oxidation sites excluding steroid dienone is 1. The van der Waals surface area contributed by atoms with Gasteiger partial charge in [0.1, 0.15) is 23.2 Å². The van der Waals surface area contributed by atoms with Gasteiger partial charge in [0.2, 0.25) is 0 Å². The van der Waals surface area contributed by atoms with Crippen molar-refractivity contribution in [3.63, 3.8) is 0 Å². The van der Waals surface area contributed by atoms with Crippen LogP contribution in [-0.4, -0.2) is 24.2 Å². The summed E-state index contributed by atoms with van der Waals surface area (Å²) in [5.74, 6) is 0.428. The lowest BCUT2D eigenvalue weighted by Gasteiger charge is -2.27. The molecule has 0 saturated carbocycles. The van der Waals surface area contributed by atoms with E-state index in [0.717, 1.165) is 5.39 Å². The van der Waals surface area contributed by atoms with E-state index in [4.69, 9.17) is 9.47 Å². The zero-order valence-electron chi connectivity index (χ0n) is 15.3. The Kier molecular flexibility index (Phi) is 4.27. The lowest BCUT2D eigenvalue weighted by molar-refractivity contribution is -0.432. The van der Waals surface area contributed by atoms with Gasteiger partial charge in [-0.25, -0.2) is 0 Å². The van der Waals surface area contributed by atoms with Crippen LogP contribution in [0.25, 0.3) is 10.8 Å². The van der Waals surface area contributed by atoms with Crippen LogP contribution < -0.4 is 14.8 Å². The molecule has 2 N–H and O–H groups in total. The molecule has 3 aromatic rings. The number of para-hydroxylation sites is 1. The molecule has 4 rings (SSSR count). The van der Waals surface area contributed by atoms with Crippen molar-refractivity contribution in [2.45, 2.75) is 5.92 Å². The highest BCUT2D eigenvalue weighted by atomic mass is 16.6. The molecule has 7 heteroatoms. The Bertz CT molecular complexity index is 1120. The van der Waals surface area contributed by atoms with Crippen LogP contribution in [0.2, 0.25) is 0 Å². The largest absolute Gasteiger partial charge is 0.508 e. The number of phenolic OH excluding ortho intramolecular Hbond substituents is 1. The number of fused-ring (bicyclic) bond motifs is 3. The van der Waals surface area contributed by atoms with E-state index in [2.05, 4.69) is 5.32 Å². The van der Waals surface area contributed by atoms with Gasteiger partial charge in [0.05, 0.1) is 12.0 Å². The smallest absolute Gasteiger partial charge is 0.317 e. The lowest BCUT2D eigenvalue weighted by Crippen LogP contribution is -2.28. The quantitative estimate of drug-likeness (QED) is 0.531. The average Bonchev–Trinajstić information content (AvgIpc) is 2.71. The summed E-state index contributed by atoms with van der Waals surface area (Å²) >= 11 is 0. The molecule has 1 aliphatic heterocycles. The molecule has 28 heavy (non-hydrogen) atoms. The second kappa shape index (κ2) is 6.77. The van der Waals surface area contributed by atoms with Crippen molar-refractivity contribution in [1.82, 2.24) is 5.32 Å². The normalized spacial score (nSPS) is 15.7. The molecule has 3 aromatic carbocycles. The summed E-state index contributed by atoms with van der Waals surface area (Å²) in [6, 6.07) is 15.8. The first-order valence-electron chi connectivity index (χ1n) is 8.68. The molecule has 1 unspecified atom stereocenters. The average molecular weight is 378 g/mol. The van der Waals surface area contributed by atoms with E-state index in [1.54, 1.807) is 43.4 Å². The van der Waals surface area contributed by atoms with E-state index >= 15 is 0 Å². The van der Waals surface area contributed by atoms with E-state index < -0.39 is 10.8 Å². The number of ether oxygens (including phenoxy) is 2.